The highest BCUT2D eigenvalue weighted by Crippen LogP contribution is 2.30. The van der Waals surface area contributed by atoms with Crippen molar-refractivity contribution >= 4 is 27.0 Å². The van der Waals surface area contributed by atoms with Crippen LogP contribution in [0.1, 0.15) is 12.5 Å². The molecule has 0 spiro atoms. The predicted molar refractivity (Wildman–Crippen MR) is 94.8 cm³/mol. The van der Waals surface area contributed by atoms with Crippen LogP contribution in [-0.2, 0) is 16.4 Å². The first-order valence-corrected chi connectivity index (χ1v) is 9.56. The van der Waals surface area contributed by atoms with Crippen LogP contribution < -0.4 is 10.3 Å². The fraction of sp³-hybridized carbons (Fsp3) is 0.125. The number of para-hydroxylation sites is 1. The number of thiophene rings is 1. The van der Waals surface area contributed by atoms with Gasteiger partial charge in [-0.1, -0.05) is 25.1 Å². The highest BCUT2D eigenvalue weighted by Gasteiger charge is 2.19. The van der Waals surface area contributed by atoms with Gasteiger partial charge in [-0.25, -0.2) is 13.5 Å². The van der Waals surface area contributed by atoms with Crippen molar-refractivity contribution in [3.8, 4) is 10.6 Å². The summed E-state index contributed by atoms with van der Waals surface area (Å²) < 4.78 is 28.0. The lowest BCUT2D eigenvalue weighted by Gasteiger charge is -2.10. The Morgan fingerprint density at radius 1 is 1.12 bits per heavy atom. The number of rotatable bonds is 5. The van der Waals surface area contributed by atoms with Gasteiger partial charge in [0.05, 0.1) is 10.6 Å². The summed E-state index contributed by atoms with van der Waals surface area (Å²) in [4.78, 5) is 11.7. The van der Waals surface area contributed by atoms with Crippen LogP contribution in [0, 0.1) is 0 Å². The summed E-state index contributed by atoms with van der Waals surface area (Å²) in [6, 6.07) is 13.4. The maximum Gasteiger partial charge on any atom is 0.271 e. The number of aromatic nitrogens is 2. The van der Waals surface area contributed by atoms with E-state index in [0.717, 1.165) is 23.3 Å². The SMILES string of the molecule is CCc1ccccc1NS(=O)(=O)c1ccc(-c2ccc(=O)[nH]n2)s1. The largest absolute Gasteiger partial charge is 0.279 e. The average molecular weight is 361 g/mol. The van der Waals surface area contributed by atoms with E-state index in [1.54, 1.807) is 24.3 Å². The Hall–Kier alpha value is -2.45. The van der Waals surface area contributed by atoms with Gasteiger partial charge in [-0.3, -0.25) is 9.52 Å². The number of nitrogens with one attached hydrogen (secondary N) is 2. The van der Waals surface area contributed by atoms with Gasteiger partial charge in [0.1, 0.15) is 9.90 Å². The van der Waals surface area contributed by atoms with Crippen LogP contribution in [0.4, 0.5) is 5.69 Å². The van der Waals surface area contributed by atoms with Gasteiger partial charge in [-0.05, 0) is 36.2 Å². The number of hydrogen-bond donors (Lipinski definition) is 2. The number of aryl methyl sites for hydroxylation is 1. The molecule has 3 rings (SSSR count). The minimum Gasteiger partial charge on any atom is -0.279 e. The zero-order valence-electron chi connectivity index (χ0n) is 12.8. The molecular formula is C16H15N3O3S2. The lowest BCUT2D eigenvalue weighted by molar-refractivity contribution is 0.603. The van der Waals surface area contributed by atoms with Gasteiger partial charge >= 0.3 is 0 Å². The standard InChI is InChI=1S/C16H15N3O3S2/c1-2-11-5-3-4-6-12(11)19-24(21,22)16-10-8-14(23-16)13-7-9-15(20)18-17-13/h3-10,19H,2H2,1H3,(H,18,20). The molecule has 0 saturated heterocycles. The molecule has 6 nitrogen and oxygen atoms in total. The number of anilines is 1. The molecule has 0 bridgehead atoms. The van der Waals surface area contributed by atoms with Crippen molar-refractivity contribution in [3.05, 3.63) is 64.4 Å². The minimum atomic E-state index is -3.67. The molecule has 1 aromatic carbocycles. The van der Waals surface area contributed by atoms with Crippen molar-refractivity contribution in [2.75, 3.05) is 4.72 Å². The molecule has 0 fully saturated rings. The van der Waals surface area contributed by atoms with Gasteiger partial charge in [0.15, 0.2) is 0 Å². The van der Waals surface area contributed by atoms with E-state index in [2.05, 4.69) is 14.9 Å². The topological polar surface area (TPSA) is 91.9 Å². The number of benzene rings is 1. The van der Waals surface area contributed by atoms with E-state index >= 15 is 0 Å². The molecule has 0 aliphatic rings. The molecule has 2 aromatic heterocycles. The van der Waals surface area contributed by atoms with Crippen molar-refractivity contribution in [3.63, 3.8) is 0 Å². The molecule has 0 unspecified atom stereocenters. The molecule has 124 valence electrons. The van der Waals surface area contributed by atoms with E-state index in [0.29, 0.717) is 16.3 Å². The summed E-state index contributed by atoms with van der Waals surface area (Å²) in [5, 5.41) is 6.25. The van der Waals surface area contributed by atoms with E-state index in [1.807, 2.05) is 19.1 Å². The molecule has 0 saturated carbocycles. The monoisotopic (exact) mass is 361 g/mol. The summed E-state index contributed by atoms with van der Waals surface area (Å²) in [6.45, 7) is 1.97. The summed E-state index contributed by atoms with van der Waals surface area (Å²) in [6.07, 6.45) is 0.732. The first-order valence-electron chi connectivity index (χ1n) is 7.26. The Kier molecular flexibility index (Phi) is 4.50. The van der Waals surface area contributed by atoms with Gasteiger partial charge in [0.25, 0.3) is 15.6 Å². The van der Waals surface area contributed by atoms with Crippen LogP contribution in [0.15, 0.2) is 57.5 Å². The van der Waals surface area contributed by atoms with Crippen LogP contribution in [-0.4, -0.2) is 18.6 Å². The van der Waals surface area contributed by atoms with Crippen molar-refractivity contribution in [2.45, 2.75) is 17.6 Å². The average Bonchev–Trinajstić information content (AvgIpc) is 3.07. The maximum atomic E-state index is 12.6. The fourth-order valence-electron chi connectivity index (χ4n) is 2.21. The third-order valence-electron chi connectivity index (χ3n) is 3.42. The number of aromatic amines is 1. The Morgan fingerprint density at radius 2 is 1.92 bits per heavy atom. The van der Waals surface area contributed by atoms with Gasteiger partial charge in [-0.15, -0.1) is 11.3 Å². The normalized spacial score (nSPS) is 11.4. The molecule has 2 N–H and O–H groups in total. The summed E-state index contributed by atoms with van der Waals surface area (Å²) in [7, 11) is -3.67. The van der Waals surface area contributed by atoms with E-state index in [1.165, 1.54) is 12.1 Å². The van der Waals surface area contributed by atoms with E-state index in [9.17, 15) is 13.2 Å². The van der Waals surface area contributed by atoms with Crippen molar-refractivity contribution in [1.82, 2.24) is 10.2 Å². The molecule has 0 radical (unpaired) electrons. The summed E-state index contributed by atoms with van der Waals surface area (Å²) in [5.41, 5.74) is 1.73. The number of sulfonamides is 1. The second-order valence-corrected chi connectivity index (χ2v) is 8.03. The minimum absolute atomic E-state index is 0.191. The predicted octanol–water partition coefficient (Wildman–Crippen LogP) is 2.86. The first-order chi connectivity index (χ1) is 11.5. The van der Waals surface area contributed by atoms with Gasteiger partial charge in [0.2, 0.25) is 0 Å². The summed E-state index contributed by atoms with van der Waals surface area (Å²) in [5.74, 6) is 0. The zero-order chi connectivity index (χ0) is 17.2. The molecule has 0 aliphatic carbocycles. The van der Waals surface area contributed by atoms with Crippen LogP contribution in [0.3, 0.4) is 0 Å². The second kappa shape index (κ2) is 6.58. The fourth-order valence-corrected chi connectivity index (χ4v) is 4.58. The lowest BCUT2D eigenvalue weighted by atomic mass is 10.1. The zero-order valence-corrected chi connectivity index (χ0v) is 14.4. The highest BCUT2D eigenvalue weighted by atomic mass is 32.2. The quantitative estimate of drug-likeness (QED) is 0.731. The molecule has 8 heteroatoms. The number of H-pyrrole nitrogens is 1. The van der Waals surface area contributed by atoms with Crippen LogP contribution in [0.2, 0.25) is 0 Å². The Balaban J connectivity index is 1.91. The summed E-state index contributed by atoms with van der Waals surface area (Å²) >= 11 is 1.10. The molecule has 24 heavy (non-hydrogen) atoms. The third kappa shape index (κ3) is 3.39. The first kappa shape index (κ1) is 16.4. The van der Waals surface area contributed by atoms with Crippen LogP contribution >= 0.6 is 11.3 Å². The maximum absolute atomic E-state index is 12.6. The Morgan fingerprint density at radius 3 is 2.62 bits per heavy atom. The number of hydrogen-bond acceptors (Lipinski definition) is 5. The van der Waals surface area contributed by atoms with Crippen LogP contribution in [0.25, 0.3) is 10.6 Å². The Bertz CT molecular complexity index is 1000. The third-order valence-corrected chi connectivity index (χ3v) is 6.39. The van der Waals surface area contributed by atoms with Gasteiger partial charge in [0, 0.05) is 6.07 Å². The smallest absolute Gasteiger partial charge is 0.271 e. The van der Waals surface area contributed by atoms with E-state index in [-0.39, 0.29) is 9.77 Å². The second-order valence-electron chi connectivity index (χ2n) is 5.04. The molecule has 3 aromatic rings. The van der Waals surface area contributed by atoms with Crippen molar-refractivity contribution in [2.24, 2.45) is 0 Å². The van der Waals surface area contributed by atoms with Crippen LogP contribution in [0.5, 0.6) is 0 Å². The molecule has 0 aliphatic heterocycles. The molecular weight excluding hydrogens is 346 g/mol. The van der Waals surface area contributed by atoms with Gasteiger partial charge < -0.3 is 0 Å². The van der Waals surface area contributed by atoms with E-state index < -0.39 is 10.0 Å². The molecule has 0 amide bonds. The van der Waals surface area contributed by atoms with E-state index in [4.69, 9.17) is 0 Å². The van der Waals surface area contributed by atoms with Crippen molar-refractivity contribution < 1.29 is 8.42 Å². The molecule has 2 heterocycles. The Labute approximate surface area is 143 Å². The van der Waals surface area contributed by atoms with Crippen molar-refractivity contribution in [1.29, 1.82) is 0 Å². The van der Waals surface area contributed by atoms with Gasteiger partial charge in [-0.2, -0.15) is 5.10 Å². The lowest BCUT2D eigenvalue weighted by Crippen LogP contribution is -2.12. The number of nitrogens with zero attached hydrogens (tertiary/aromatic N) is 1. The highest BCUT2D eigenvalue weighted by molar-refractivity contribution is 7.94. The molecule has 0 atom stereocenters.